The molecule has 3 aromatic heterocycles. The molecule has 1 aliphatic heterocycles. The van der Waals surface area contributed by atoms with Crippen molar-refractivity contribution in [2.24, 2.45) is 5.10 Å². The standard InChI is InChI=1S/C17H15N3OS4/c1-11-9-24-17(18-11)25-10-16(21)20-13(15-5-3-7-23-15)8-12(19-20)14-4-2-6-22-14/h2-7,9,13H,8,10H2,1H3/t13-/m1/s1. The van der Waals surface area contributed by atoms with E-state index >= 15 is 0 Å². The molecule has 0 unspecified atom stereocenters. The summed E-state index contributed by atoms with van der Waals surface area (Å²) < 4.78 is 0.931. The molecule has 0 saturated carbocycles. The van der Waals surface area contributed by atoms with E-state index in [1.165, 1.54) is 16.6 Å². The SMILES string of the molecule is Cc1csc(SCC(=O)N2N=C(c3cccs3)C[C@@H]2c2cccs2)n1. The fourth-order valence-corrected chi connectivity index (χ4v) is 5.86. The molecular weight excluding hydrogens is 390 g/mol. The third-order valence-corrected chi connectivity index (χ3v) is 7.78. The summed E-state index contributed by atoms with van der Waals surface area (Å²) in [6, 6.07) is 8.20. The highest BCUT2D eigenvalue weighted by Gasteiger charge is 2.33. The molecule has 3 aromatic rings. The maximum atomic E-state index is 12.8. The van der Waals surface area contributed by atoms with Gasteiger partial charge < -0.3 is 0 Å². The fraction of sp³-hybridized carbons (Fsp3) is 0.235. The normalized spacial score (nSPS) is 17.1. The van der Waals surface area contributed by atoms with Crippen LogP contribution >= 0.6 is 45.8 Å². The van der Waals surface area contributed by atoms with Crippen molar-refractivity contribution < 1.29 is 4.79 Å². The first-order valence-corrected chi connectivity index (χ1v) is 11.3. The lowest BCUT2D eigenvalue weighted by Crippen LogP contribution is -2.28. The first kappa shape index (κ1) is 17.0. The molecule has 1 amide bonds. The smallest absolute Gasteiger partial charge is 0.253 e. The van der Waals surface area contributed by atoms with Crippen molar-refractivity contribution in [3.63, 3.8) is 0 Å². The third kappa shape index (κ3) is 3.72. The molecule has 0 spiro atoms. The van der Waals surface area contributed by atoms with E-state index in [1.54, 1.807) is 39.0 Å². The Morgan fingerprint density at radius 3 is 2.80 bits per heavy atom. The molecule has 0 saturated heterocycles. The molecule has 1 atom stereocenters. The number of amides is 1. The summed E-state index contributed by atoms with van der Waals surface area (Å²) in [5.41, 5.74) is 1.99. The Bertz CT molecular complexity index is 883. The number of thioether (sulfide) groups is 1. The zero-order chi connectivity index (χ0) is 17.2. The predicted molar refractivity (Wildman–Crippen MR) is 107 cm³/mol. The average molecular weight is 406 g/mol. The average Bonchev–Trinajstić information content (AvgIpc) is 3.38. The number of aromatic nitrogens is 1. The molecule has 4 heterocycles. The summed E-state index contributed by atoms with van der Waals surface area (Å²) in [4.78, 5) is 19.6. The summed E-state index contributed by atoms with van der Waals surface area (Å²) in [6.45, 7) is 1.97. The van der Waals surface area contributed by atoms with Crippen LogP contribution < -0.4 is 0 Å². The van der Waals surface area contributed by atoms with E-state index in [2.05, 4.69) is 22.2 Å². The van der Waals surface area contributed by atoms with Crippen LogP contribution in [0.5, 0.6) is 0 Å². The number of hydrogen-bond donors (Lipinski definition) is 0. The van der Waals surface area contributed by atoms with Crippen LogP contribution in [-0.2, 0) is 4.79 Å². The molecule has 1 aliphatic rings. The minimum absolute atomic E-state index is 0.00299. The zero-order valence-electron chi connectivity index (χ0n) is 13.4. The van der Waals surface area contributed by atoms with Gasteiger partial charge in [-0.2, -0.15) is 5.10 Å². The van der Waals surface area contributed by atoms with Crippen molar-refractivity contribution in [1.29, 1.82) is 0 Å². The molecule has 8 heteroatoms. The van der Waals surface area contributed by atoms with Crippen LogP contribution in [-0.4, -0.2) is 27.4 Å². The van der Waals surface area contributed by atoms with Crippen molar-refractivity contribution in [3.05, 3.63) is 55.9 Å². The topological polar surface area (TPSA) is 45.6 Å². The number of rotatable bonds is 5. The Morgan fingerprint density at radius 1 is 1.28 bits per heavy atom. The van der Waals surface area contributed by atoms with Crippen molar-refractivity contribution in [2.75, 3.05) is 5.75 Å². The Hall–Kier alpha value is -1.48. The summed E-state index contributed by atoms with van der Waals surface area (Å²) in [6.07, 6.45) is 0.772. The largest absolute Gasteiger partial charge is 0.272 e. The number of nitrogens with zero attached hydrogens (tertiary/aromatic N) is 3. The molecular formula is C17H15N3OS4. The fourth-order valence-electron chi connectivity index (χ4n) is 2.62. The van der Waals surface area contributed by atoms with Gasteiger partial charge in [-0.1, -0.05) is 23.9 Å². The van der Waals surface area contributed by atoms with Crippen LogP contribution in [0.3, 0.4) is 0 Å². The molecule has 128 valence electrons. The second-order valence-electron chi connectivity index (χ2n) is 5.54. The van der Waals surface area contributed by atoms with Crippen molar-refractivity contribution in [1.82, 2.24) is 9.99 Å². The summed E-state index contributed by atoms with van der Waals surface area (Å²) in [5.74, 6) is 0.388. The molecule has 0 fully saturated rings. The number of hydrazone groups is 1. The van der Waals surface area contributed by atoms with E-state index < -0.39 is 0 Å². The van der Waals surface area contributed by atoms with Gasteiger partial charge in [-0.25, -0.2) is 9.99 Å². The number of hydrogen-bond acceptors (Lipinski definition) is 7. The van der Waals surface area contributed by atoms with Gasteiger partial charge in [-0.05, 0) is 29.8 Å². The second-order valence-corrected chi connectivity index (χ2v) is 9.55. The van der Waals surface area contributed by atoms with Gasteiger partial charge in [-0.15, -0.1) is 34.0 Å². The van der Waals surface area contributed by atoms with Crippen molar-refractivity contribution in [3.8, 4) is 0 Å². The van der Waals surface area contributed by atoms with Gasteiger partial charge in [0.05, 0.1) is 22.4 Å². The second kappa shape index (κ2) is 7.41. The molecule has 0 radical (unpaired) electrons. The zero-order valence-corrected chi connectivity index (χ0v) is 16.7. The maximum Gasteiger partial charge on any atom is 0.253 e. The van der Waals surface area contributed by atoms with E-state index in [0.717, 1.165) is 27.0 Å². The van der Waals surface area contributed by atoms with E-state index in [1.807, 2.05) is 35.2 Å². The maximum absolute atomic E-state index is 12.8. The Balaban J connectivity index is 1.53. The highest BCUT2D eigenvalue weighted by atomic mass is 32.2. The predicted octanol–water partition coefficient (Wildman–Crippen LogP) is 5.04. The number of carbonyl (C=O) groups is 1. The van der Waals surface area contributed by atoms with E-state index in [-0.39, 0.29) is 11.9 Å². The summed E-state index contributed by atoms with van der Waals surface area (Å²) in [5, 5.41) is 12.4. The monoisotopic (exact) mass is 405 g/mol. The quantitative estimate of drug-likeness (QED) is 0.558. The third-order valence-electron chi connectivity index (χ3n) is 3.76. The molecule has 0 aliphatic carbocycles. The van der Waals surface area contributed by atoms with Gasteiger partial charge in [0.2, 0.25) is 0 Å². The van der Waals surface area contributed by atoms with E-state index in [0.29, 0.717) is 5.75 Å². The summed E-state index contributed by atoms with van der Waals surface area (Å²) in [7, 11) is 0. The Labute approximate surface area is 162 Å². The Morgan fingerprint density at radius 2 is 2.12 bits per heavy atom. The molecule has 4 nitrogen and oxygen atoms in total. The van der Waals surface area contributed by atoms with Crippen LogP contribution in [0.4, 0.5) is 0 Å². The number of thiazole rings is 1. The first-order valence-electron chi connectivity index (χ1n) is 7.72. The van der Waals surface area contributed by atoms with Gasteiger partial charge in [0, 0.05) is 22.4 Å². The van der Waals surface area contributed by atoms with Gasteiger partial charge in [0.25, 0.3) is 5.91 Å². The molecule has 4 rings (SSSR count). The highest BCUT2D eigenvalue weighted by Crippen LogP contribution is 2.36. The van der Waals surface area contributed by atoms with E-state index in [9.17, 15) is 4.79 Å². The first-order chi connectivity index (χ1) is 12.2. The van der Waals surface area contributed by atoms with Gasteiger partial charge in [0.15, 0.2) is 4.34 Å². The molecule has 0 aromatic carbocycles. The molecule has 0 N–H and O–H groups in total. The van der Waals surface area contributed by atoms with Crippen LogP contribution in [0, 0.1) is 6.92 Å². The van der Waals surface area contributed by atoms with Crippen molar-refractivity contribution in [2.45, 2.75) is 23.7 Å². The summed E-state index contributed by atoms with van der Waals surface area (Å²) >= 11 is 6.41. The van der Waals surface area contributed by atoms with Crippen LogP contribution in [0.15, 0.2) is 49.8 Å². The Kier molecular flexibility index (Phi) is 5.03. The van der Waals surface area contributed by atoms with Crippen LogP contribution in [0.2, 0.25) is 0 Å². The lowest BCUT2D eigenvalue weighted by atomic mass is 10.1. The minimum atomic E-state index is 0.00299. The van der Waals surface area contributed by atoms with Crippen LogP contribution in [0.1, 0.15) is 27.9 Å². The van der Waals surface area contributed by atoms with Crippen molar-refractivity contribution >= 4 is 57.4 Å². The lowest BCUT2D eigenvalue weighted by molar-refractivity contribution is -0.130. The van der Waals surface area contributed by atoms with Gasteiger partial charge >= 0.3 is 0 Å². The minimum Gasteiger partial charge on any atom is -0.272 e. The van der Waals surface area contributed by atoms with Crippen LogP contribution in [0.25, 0.3) is 0 Å². The lowest BCUT2D eigenvalue weighted by Gasteiger charge is -2.20. The van der Waals surface area contributed by atoms with Gasteiger partial charge in [0.1, 0.15) is 0 Å². The van der Waals surface area contributed by atoms with E-state index in [4.69, 9.17) is 0 Å². The molecule has 25 heavy (non-hydrogen) atoms. The number of aryl methyl sites for hydroxylation is 1. The number of carbonyl (C=O) groups excluding carboxylic acids is 1. The van der Waals surface area contributed by atoms with Gasteiger partial charge in [-0.3, -0.25) is 4.79 Å². The number of thiophene rings is 2. The molecule has 0 bridgehead atoms. The highest BCUT2D eigenvalue weighted by molar-refractivity contribution is 8.01.